The van der Waals surface area contributed by atoms with Crippen molar-refractivity contribution in [3.8, 4) is 0 Å². The number of nitrogens with zero attached hydrogens (tertiary/aromatic N) is 4. The summed E-state index contributed by atoms with van der Waals surface area (Å²) in [6.07, 6.45) is 6.11. The minimum absolute atomic E-state index is 0.144. The molecule has 3 N–H and O–H groups in total. The van der Waals surface area contributed by atoms with Gasteiger partial charge in [0.2, 0.25) is 0 Å². The van der Waals surface area contributed by atoms with E-state index in [1.165, 1.54) is 0 Å². The molecule has 0 aromatic carbocycles. The molecule has 0 radical (unpaired) electrons. The van der Waals surface area contributed by atoms with Crippen molar-refractivity contribution in [3.05, 3.63) is 36.3 Å². The van der Waals surface area contributed by atoms with Gasteiger partial charge in [0.25, 0.3) is 0 Å². The highest BCUT2D eigenvalue weighted by Crippen LogP contribution is 2.18. The fourth-order valence-electron chi connectivity index (χ4n) is 2.81. The fraction of sp³-hybridized carbons (Fsp3) is 0.429. The van der Waals surface area contributed by atoms with Crippen molar-refractivity contribution in [1.29, 1.82) is 0 Å². The van der Waals surface area contributed by atoms with E-state index in [-0.39, 0.29) is 5.92 Å². The largest absolute Gasteiger partial charge is 0.409 e. The van der Waals surface area contributed by atoms with Gasteiger partial charge in [-0.1, -0.05) is 11.2 Å². The Kier molecular flexibility index (Phi) is 3.56. The second-order valence-electron chi connectivity index (χ2n) is 5.30. The van der Waals surface area contributed by atoms with Crippen molar-refractivity contribution in [3.63, 3.8) is 0 Å². The molecule has 2 aromatic rings. The maximum absolute atomic E-state index is 8.79. The zero-order chi connectivity index (χ0) is 13.9. The smallest absolute Gasteiger partial charge is 0.143 e. The zero-order valence-electron chi connectivity index (χ0n) is 11.3. The molecule has 0 amide bonds. The number of aromatic nitrogens is 2. The van der Waals surface area contributed by atoms with Gasteiger partial charge in [-0.2, -0.15) is 0 Å². The molecule has 1 unspecified atom stereocenters. The van der Waals surface area contributed by atoms with E-state index >= 15 is 0 Å². The maximum atomic E-state index is 8.79. The van der Waals surface area contributed by atoms with Gasteiger partial charge in [0, 0.05) is 31.4 Å². The van der Waals surface area contributed by atoms with Crippen LogP contribution in [0.25, 0.3) is 5.65 Å². The Bertz CT molecular complexity index is 588. The maximum Gasteiger partial charge on any atom is 0.143 e. The van der Waals surface area contributed by atoms with Crippen LogP contribution in [-0.2, 0) is 6.54 Å². The lowest BCUT2D eigenvalue weighted by molar-refractivity contribution is 0.191. The van der Waals surface area contributed by atoms with Crippen molar-refractivity contribution in [2.45, 2.75) is 19.4 Å². The van der Waals surface area contributed by atoms with Gasteiger partial charge in [0.05, 0.1) is 5.69 Å². The average Bonchev–Trinajstić information content (AvgIpc) is 2.88. The number of hydrogen-bond acceptors (Lipinski definition) is 4. The van der Waals surface area contributed by atoms with E-state index in [2.05, 4.69) is 21.2 Å². The summed E-state index contributed by atoms with van der Waals surface area (Å²) in [6.45, 7) is 2.66. The monoisotopic (exact) mass is 273 g/mol. The van der Waals surface area contributed by atoms with Crippen LogP contribution in [-0.4, -0.2) is 38.4 Å². The van der Waals surface area contributed by atoms with Crippen LogP contribution in [0, 0.1) is 5.92 Å². The third kappa shape index (κ3) is 2.60. The topological polar surface area (TPSA) is 79.2 Å². The van der Waals surface area contributed by atoms with Gasteiger partial charge >= 0.3 is 0 Å². The summed E-state index contributed by atoms with van der Waals surface area (Å²) in [5.41, 5.74) is 7.74. The van der Waals surface area contributed by atoms with Gasteiger partial charge in [-0.15, -0.1) is 0 Å². The number of nitrogens with two attached hydrogens (primary N) is 1. The van der Waals surface area contributed by atoms with E-state index in [4.69, 9.17) is 10.9 Å². The summed E-state index contributed by atoms with van der Waals surface area (Å²) in [7, 11) is 0. The van der Waals surface area contributed by atoms with Crippen LogP contribution in [0.4, 0.5) is 0 Å². The Morgan fingerprint density at radius 1 is 1.50 bits per heavy atom. The average molecular weight is 273 g/mol. The van der Waals surface area contributed by atoms with Gasteiger partial charge < -0.3 is 15.3 Å². The molecule has 1 aliphatic heterocycles. The van der Waals surface area contributed by atoms with Gasteiger partial charge in [-0.3, -0.25) is 4.90 Å². The highest BCUT2D eigenvalue weighted by molar-refractivity contribution is 5.82. The molecule has 1 saturated heterocycles. The van der Waals surface area contributed by atoms with Crippen LogP contribution in [0.5, 0.6) is 0 Å². The summed E-state index contributed by atoms with van der Waals surface area (Å²) in [6, 6.07) is 5.98. The normalized spacial score (nSPS) is 21.4. The molecule has 3 heterocycles. The number of oxime groups is 1. The Hall–Kier alpha value is -2.08. The number of likely N-dealkylation sites (tertiary alicyclic amines) is 1. The second kappa shape index (κ2) is 5.50. The van der Waals surface area contributed by atoms with Crippen molar-refractivity contribution in [1.82, 2.24) is 14.3 Å². The first kappa shape index (κ1) is 12.9. The quantitative estimate of drug-likeness (QED) is 0.382. The molecule has 6 heteroatoms. The van der Waals surface area contributed by atoms with E-state index in [1.807, 2.05) is 28.8 Å². The van der Waals surface area contributed by atoms with Crippen LogP contribution in [0.2, 0.25) is 0 Å². The Balaban J connectivity index is 1.70. The molecule has 0 aliphatic carbocycles. The summed E-state index contributed by atoms with van der Waals surface area (Å²) in [5, 5.41) is 11.9. The molecule has 1 atom stereocenters. The van der Waals surface area contributed by atoms with Gasteiger partial charge in [-0.25, -0.2) is 4.98 Å². The highest BCUT2D eigenvalue weighted by Gasteiger charge is 2.23. The van der Waals surface area contributed by atoms with Crippen LogP contribution in [0.1, 0.15) is 18.5 Å². The number of fused-ring (bicyclic) bond motifs is 1. The molecule has 3 rings (SSSR count). The number of imidazole rings is 1. The predicted molar refractivity (Wildman–Crippen MR) is 76.6 cm³/mol. The fourth-order valence-corrected chi connectivity index (χ4v) is 2.81. The van der Waals surface area contributed by atoms with Gasteiger partial charge in [-0.05, 0) is 31.5 Å². The molecule has 20 heavy (non-hydrogen) atoms. The van der Waals surface area contributed by atoms with Crippen LogP contribution < -0.4 is 5.73 Å². The summed E-state index contributed by atoms with van der Waals surface area (Å²) >= 11 is 0. The first-order valence-electron chi connectivity index (χ1n) is 6.88. The zero-order valence-corrected chi connectivity index (χ0v) is 11.3. The Morgan fingerprint density at radius 2 is 2.40 bits per heavy atom. The number of piperidine rings is 1. The van der Waals surface area contributed by atoms with E-state index in [0.29, 0.717) is 5.84 Å². The number of pyridine rings is 1. The second-order valence-corrected chi connectivity index (χ2v) is 5.30. The molecule has 1 aliphatic rings. The summed E-state index contributed by atoms with van der Waals surface area (Å²) < 4.78 is 2.03. The Labute approximate surface area is 117 Å². The lowest BCUT2D eigenvalue weighted by Crippen LogP contribution is -2.40. The number of rotatable bonds is 3. The minimum Gasteiger partial charge on any atom is -0.409 e. The highest BCUT2D eigenvalue weighted by atomic mass is 16.4. The molecule has 2 aromatic heterocycles. The van der Waals surface area contributed by atoms with E-state index in [0.717, 1.165) is 43.8 Å². The lowest BCUT2D eigenvalue weighted by atomic mass is 9.97. The summed E-state index contributed by atoms with van der Waals surface area (Å²) in [4.78, 5) is 6.92. The first-order valence-corrected chi connectivity index (χ1v) is 6.88. The third-order valence-electron chi connectivity index (χ3n) is 3.84. The van der Waals surface area contributed by atoms with Crippen molar-refractivity contribution >= 4 is 11.5 Å². The molecule has 106 valence electrons. The first-order chi connectivity index (χ1) is 9.76. The van der Waals surface area contributed by atoms with E-state index < -0.39 is 0 Å². The van der Waals surface area contributed by atoms with Crippen molar-refractivity contribution < 1.29 is 5.21 Å². The van der Waals surface area contributed by atoms with E-state index in [9.17, 15) is 0 Å². The van der Waals surface area contributed by atoms with Crippen LogP contribution in [0.15, 0.2) is 35.7 Å². The lowest BCUT2D eigenvalue weighted by Gasteiger charge is -2.31. The minimum atomic E-state index is 0.144. The van der Waals surface area contributed by atoms with Gasteiger partial charge in [0.1, 0.15) is 11.5 Å². The Morgan fingerprint density at radius 3 is 3.20 bits per heavy atom. The standard InChI is InChI=1S/C14H19N5O/c15-14(17-20)11-4-3-6-18(8-11)9-12-10-19-7-2-1-5-13(19)16-12/h1-2,5,7,10-11,20H,3-4,6,8-9H2,(H2,15,17). The SMILES string of the molecule is NC(=NO)C1CCCN(Cc2cn3ccccc3n2)C1. The van der Waals surface area contributed by atoms with Crippen molar-refractivity contribution in [2.24, 2.45) is 16.8 Å². The molecular formula is C14H19N5O. The van der Waals surface area contributed by atoms with Gasteiger partial charge in [0.15, 0.2) is 0 Å². The summed E-state index contributed by atoms with van der Waals surface area (Å²) in [5.74, 6) is 0.482. The molecular weight excluding hydrogens is 254 g/mol. The predicted octanol–water partition coefficient (Wildman–Crippen LogP) is 1.29. The van der Waals surface area contributed by atoms with Crippen LogP contribution >= 0.6 is 0 Å². The number of amidine groups is 1. The third-order valence-corrected chi connectivity index (χ3v) is 3.84. The molecule has 6 nitrogen and oxygen atoms in total. The number of hydrogen-bond donors (Lipinski definition) is 2. The molecule has 0 bridgehead atoms. The van der Waals surface area contributed by atoms with Crippen LogP contribution in [0.3, 0.4) is 0 Å². The molecule has 0 spiro atoms. The molecule has 0 saturated carbocycles. The molecule has 1 fully saturated rings. The van der Waals surface area contributed by atoms with Crippen molar-refractivity contribution in [2.75, 3.05) is 13.1 Å². The van der Waals surface area contributed by atoms with E-state index in [1.54, 1.807) is 0 Å².